The molecule has 1 heterocycles. The van der Waals surface area contributed by atoms with Crippen molar-refractivity contribution in [2.45, 2.75) is 13.0 Å². The first kappa shape index (κ1) is 15.6. The number of nitrogens with one attached hydrogen (secondary N) is 1. The number of nitrogens with zero attached hydrogens (tertiary/aromatic N) is 4. The van der Waals surface area contributed by atoms with E-state index in [1.54, 1.807) is 6.92 Å². The smallest absolute Gasteiger partial charge is 0.212 e. The molecule has 1 N–H and O–H groups in total. The largest absolute Gasteiger partial charge is 0.217 e. The van der Waals surface area contributed by atoms with Crippen LogP contribution in [-0.2, 0) is 10.0 Å². The van der Waals surface area contributed by atoms with E-state index < -0.39 is 16.1 Å². The van der Waals surface area contributed by atoms with Crippen LogP contribution >= 0.6 is 11.6 Å². The number of halogens is 1. The zero-order chi connectivity index (χ0) is 15.5. The van der Waals surface area contributed by atoms with Gasteiger partial charge < -0.3 is 0 Å². The lowest BCUT2D eigenvalue weighted by molar-refractivity contribution is 0.557. The zero-order valence-electron chi connectivity index (χ0n) is 11.3. The van der Waals surface area contributed by atoms with Crippen LogP contribution in [0.5, 0.6) is 0 Å². The molecule has 0 saturated carbocycles. The van der Waals surface area contributed by atoms with Crippen molar-refractivity contribution in [3.63, 3.8) is 0 Å². The Labute approximate surface area is 127 Å². The molecule has 0 spiro atoms. The maximum atomic E-state index is 11.9. The summed E-state index contributed by atoms with van der Waals surface area (Å²) in [6.07, 6.45) is 0. The Morgan fingerprint density at radius 2 is 2.10 bits per heavy atom. The first-order valence-corrected chi connectivity index (χ1v) is 8.09. The summed E-state index contributed by atoms with van der Waals surface area (Å²) < 4.78 is 27.7. The van der Waals surface area contributed by atoms with Crippen molar-refractivity contribution in [1.82, 2.24) is 24.9 Å². The highest BCUT2D eigenvalue weighted by Crippen LogP contribution is 2.15. The summed E-state index contributed by atoms with van der Waals surface area (Å²) in [6.45, 7) is 5.03. The molecule has 0 unspecified atom stereocenters. The molecule has 2 rings (SSSR count). The normalized spacial score (nSPS) is 13.0. The third kappa shape index (κ3) is 4.10. The molecule has 0 aliphatic heterocycles. The van der Waals surface area contributed by atoms with Crippen molar-refractivity contribution in [1.29, 1.82) is 0 Å². The van der Waals surface area contributed by atoms with Gasteiger partial charge in [0.05, 0.1) is 17.5 Å². The lowest BCUT2D eigenvalue weighted by Gasteiger charge is -2.13. The number of hydrogen-bond donors (Lipinski definition) is 1. The van der Waals surface area contributed by atoms with E-state index in [0.29, 0.717) is 5.82 Å². The van der Waals surface area contributed by atoms with Gasteiger partial charge in [0.25, 0.3) is 0 Å². The molecule has 9 heteroatoms. The summed E-state index contributed by atoms with van der Waals surface area (Å²) in [5.74, 6) is 0.0242. The Bertz CT molecular complexity index is 729. The van der Waals surface area contributed by atoms with E-state index in [-0.39, 0.29) is 10.8 Å². The standard InChI is InChI=1S/C12H14ClN5O2S/c1-9(13)8-21(19,20)15-10(2)12-14-16-17-18(12)11-6-4-3-5-7-11/h3-7,10,15H,1,8H2,2H3/t10-/m0/s1. The zero-order valence-corrected chi connectivity index (χ0v) is 12.8. The third-order valence-corrected chi connectivity index (χ3v) is 4.32. The summed E-state index contributed by atoms with van der Waals surface area (Å²) >= 11 is 5.54. The van der Waals surface area contributed by atoms with Crippen molar-refractivity contribution in [3.05, 3.63) is 47.8 Å². The number of sulfonamides is 1. The number of aromatic nitrogens is 4. The summed E-state index contributed by atoms with van der Waals surface area (Å²) in [5, 5.41) is 11.4. The van der Waals surface area contributed by atoms with Gasteiger partial charge in [0.1, 0.15) is 0 Å². The van der Waals surface area contributed by atoms with E-state index in [9.17, 15) is 8.42 Å². The van der Waals surface area contributed by atoms with Crippen molar-refractivity contribution >= 4 is 21.6 Å². The monoisotopic (exact) mass is 327 g/mol. The van der Waals surface area contributed by atoms with E-state index in [2.05, 4.69) is 26.8 Å². The molecule has 0 radical (unpaired) electrons. The van der Waals surface area contributed by atoms with Crippen LogP contribution in [0.15, 0.2) is 41.9 Å². The lowest BCUT2D eigenvalue weighted by atomic mass is 10.3. The van der Waals surface area contributed by atoms with Crippen molar-refractivity contribution in [3.8, 4) is 5.69 Å². The number of tetrazole rings is 1. The van der Waals surface area contributed by atoms with E-state index >= 15 is 0 Å². The maximum Gasteiger partial charge on any atom is 0.217 e. The van der Waals surface area contributed by atoms with Crippen LogP contribution in [0.3, 0.4) is 0 Å². The SMILES string of the molecule is C=C(Cl)CS(=O)(=O)N[C@@H](C)c1nnnn1-c1ccccc1. The fraction of sp³-hybridized carbons (Fsp3) is 0.250. The molecular weight excluding hydrogens is 314 g/mol. The fourth-order valence-electron chi connectivity index (χ4n) is 1.79. The molecule has 0 bridgehead atoms. The highest BCUT2D eigenvalue weighted by molar-refractivity contribution is 7.89. The minimum atomic E-state index is -3.60. The van der Waals surface area contributed by atoms with Crippen LogP contribution in [-0.4, -0.2) is 34.4 Å². The Balaban J connectivity index is 2.24. The quantitative estimate of drug-likeness (QED) is 0.866. The van der Waals surface area contributed by atoms with E-state index in [1.807, 2.05) is 30.3 Å². The summed E-state index contributed by atoms with van der Waals surface area (Å²) in [4.78, 5) is 0. The molecule has 7 nitrogen and oxygen atoms in total. The third-order valence-electron chi connectivity index (χ3n) is 2.58. The maximum absolute atomic E-state index is 11.9. The van der Waals surface area contributed by atoms with Crippen LogP contribution in [0.4, 0.5) is 0 Å². The molecule has 0 fully saturated rings. The second-order valence-electron chi connectivity index (χ2n) is 4.40. The van der Waals surface area contributed by atoms with Gasteiger partial charge >= 0.3 is 0 Å². The number of hydrogen-bond acceptors (Lipinski definition) is 5. The molecule has 0 amide bonds. The second kappa shape index (κ2) is 6.33. The highest BCUT2D eigenvalue weighted by Gasteiger charge is 2.21. The van der Waals surface area contributed by atoms with E-state index in [1.165, 1.54) is 4.68 Å². The van der Waals surface area contributed by atoms with Gasteiger partial charge in [-0.2, -0.15) is 4.68 Å². The van der Waals surface area contributed by atoms with Gasteiger partial charge in [-0.3, -0.25) is 0 Å². The van der Waals surface area contributed by atoms with Gasteiger partial charge in [-0.1, -0.05) is 36.4 Å². The molecule has 0 saturated heterocycles. The van der Waals surface area contributed by atoms with Crippen LogP contribution < -0.4 is 4.72 Å². The Kier molecular flexibility index (Phi) is 4.71. The van der Waals surface area contributed by atoms with Crippen LogP contribution in [0, 0.1) is 0 Å². The van der Waals surface area contributed by atoms with Gasteiger partial charge in [-0.15, -0.1) is 5.10 Å². The molecule has 0 aliphatic carbocycles. The van der Waals surface area contributed by atoms with Gasteiger partial charge in [0.15, 0.2) is 5.82 Å². The molecule has 21 heavy (non-hydrogen) atoms. The molecule has 0 aliphatic rings. The minimum Gasteiger partial charge on any atom is -0.212 e. The Hall–Kier alpha value is -1.77. The van der Waals surface area contributed by atoms with Crippen molar-refractivity contribution in [2.75, 3.05) is 5.75 Å². The van der Waals surface area contributed by atoms with Crippen LogP contribution in [0.1, 0.15) is 18.8 Å². The number of para-hydroxylation sites is 1. The number of rotatable bonds is 6. The first-order valence-electron chi connectivity index (χ1n) is 6.06. The van der Waals surface area contributed by atoms with Gasteiger partial charge in [0, 0.05) is 5.03 Å². The molecule has 1 aromatic carbocycles. The van der Waals surface area contributed by atoms with Gasteiger partial charge in [0.2, 0.25) is 10.0 Å². The van der Waals surface area contributed by atoms with E-state index in [4.69, 9.17) is 11.6 Å². The summed E-state index contributed by atoms with van der Waals surface area (Å²) in [7, 11) is -3.60. The molecule has 1 atom stereocenters. The molecule has 2 aromatic rings. The van der Waals surface area contributed by atoms with Crippen LogP contribution in [0.2, 0.25) is 0 Å². The Morgan fingerprint density at radius 3 is 2.71 bits per heavy atom. The fourth-order valence-corrected chi connectivity index (χ4v) is 3.36. The minimum absolute atomic E-state index is 0.0392. The van der Waals surface area contributed by atoms with Crippen molar-refractivity contribution < 1.29 is 8.42 Å². The predicted molar refractivity (Wildman–Crippen MR) is 79.5 cm³/mol. The second-order valence-corrected chi connectivity index (χ2v) is 6.69. The molecular formula is C12H14ClN5O2S. The lowest BCUT2D eigenvalue weighted by Crippen LogP contribution is -2.30. The Morgan fingerprint density at radius 1 is 1.43 bits per heavy atom. The number of benzene rings is 1. The average Bonchev–Trinajstić information content (AvgIpc) is 2.86. The summed E-state index contributed by atoms with van der Waals surface area (Å²) in [5.41, 5.74) is 0.741. The van der Waals surface area contributed by atoms with Gasteiger partial charge in [-0.05, 0) is 29.5 Å². The summed E-state index contributed by atoms with van der Waals surface area (Å²) in [6, 6.07) is 8.58. The van der Waals surface area contributed by atoms with Crippen LogP contribution in [0.25, 0.3) is 5.69 Å². The van der Waals surface area contributed by atoms with Crippen molar-refractivity contribution in [2.24, 2.45) is 0 Å². The highest BCUT2D eigenvalue weighted by atomic mass is 35.5. The topological polar surface area (TPSA) is 89.8 Å². The average molecular weight is 328 g/mol. The first-order chi connectivity index (χ1) is 9.89. The predicted octanol–water partition coefficient (Wildman–Crippen LogP) is 1.40. The van der Waals surface area contributed by atoms with Gasteiger partial charge in [-0.25, -0.2) is 13.1 Å². The molecule has 112 valence electrons. The van der Waals surface area contributed by atoms with E-state index in [0.717, 1.165) is 5.69 Å². The molecule has 1 aromatic heterocycles.